The Morgan fingerprint density at radius 2 is 1.85 bits per heavy atom. The average molecular weight is 282 g/mol. The van der Waals surface area contributed by atoms with E-state index < -0.39 is 17.7 Å². The van der Waals surface area contributed by atoms with E-state index in [1.807, 2.05) is 26.0 Å². The predicted octanol–water partition coefficient (Wildman–Crippen LogP) is 2.32. The summed E-state index contributed by atoms with van der Waals surface area (Å²) in [6.07, 6.45) is 4.19. The zero-order valence-corrected chi connectivity index (χ0v) is 13.1. The second-order valence-corrected chi connectivity index (χ2v) is 6.22. The monoisotopic (exact) mass is 282 g/mol. The van der Waals surface area contributed by atoms with Crippen LogP contribution in [-0.4, -0.2) is 41.6 Å². The van der Waals surface area contributed by atoms with E-state index >= 15 is 0 Å². The first kappa shape index (κ1) is 16.5. The molecule has 1 heterocycles. The minimum absolute atomic E-state index is 0.0461. The third-order valence-electron chi connectivity index (χ3n) is 3.28. The second kappa shape index (κ2) is 6.77. The molecule has 114 valence electrons. The maximum absolute atomic E-state index is 12.5. The summed E-state index contributed by atoms with van der Waals surface area (Å²) in [4.78, 5) is 26.1. The van der Waals surface area contributed by atoms with Crippen LogP contribution in [0.4, 0.5) is 4.79 Å². The van der Waals surface area contributed by atoms with E-state index in [1.54, 1.807) is 25.7 Å². The van der Waals surface area contributed by atoms with Crippen molar-refractivity contribution in [3.8, 4) is 0 Å². The minimum Gasteiger partial charge on any atom is -0.444 e. The molecule has 1 N–H and O–H groups in total. The standard InChI is InChI=1S/C15H26N2O3/c1-6-11(2)12(13(18)17-9-7-8-10-17)16-14(19)20-15(3,4)5/h7-8,11-12H,6,9-10H2,1-5H3,(H,16,19)/t11-,12-/m0/s1. The molecule has 2 atom stereocenters. The van der Waals surface area contributed by atoms with E-state index in [1.165, 1.54) is 0 Å². The van der Waals surface area contributed by atoms with Gasteiger partial charge in [0, 0.05) is 13.1 Å². The lowest BCUT2D eigenvalue weighted by molar-refractivity contribution is -0.133. The molecule has 1 rings (SSSR count). The van der Waals surface area contributed by atoms with Gasteiger partial charge < -0.3 is 15.0 Å². The number of hydrogen-bond donors (Lipinski definition) is 1. The SMILES string of the molecule is CC[C@H](C)[C@H](NC(=O)OC(C)(C)C)C(=O)N1CC=CC1. The molecule has 5 heteroatoms. The van der Waals surface area contributed by atoms with Gasteiger partial charge in [-0.05, 0) is 26.7 Å². The molecule has 0 aromatic heterocycles. The van der Waals surface area contributed by atoms with E-state index in [4.69, 9.17) is 4.74 Å². The van der Waals surface area contributed by atoms with E-state index in [2.05, 4.69) is 5.32 Å². The van der Waals surface area contributed by atoms with Crippen LogP contribution in [0, 0.1) is 5.92 Å². The number of nitrogens with one attached hydrogen (secondary N) is 1. The summed E-state index contributed by atoms with van der Waals surface area (Å²) in [7, 11) is 0. The fourth-order valence-electron chi connectivity index (χ4n) is 1.97. The smallest absolute Gasteiger partial charge is 0.408 e. The van der Waals surface area contributed by atoms with Crippen molar-refractivity contribution in [1.29, 1.82) is 0 Å². The van der Waals surface area contributed by atoms with Gasteiger partial charge in [0.25, 0.3) is 0 Å². The number of amides is 2. The Balaban J connectivity index is 2.69. The number of alkyl carbamates (subject to hydrolysis) is 1. The van der Waals surface area contributed by atoms with Crippen molar-refractivity contribution < 1.29 is 14.3 Å². The van der Waals surface area contributed by atoms with Crippen molar-refractivity contribution >= 4 is 12.0 Å². The van der Waals surface area contributed by atoms with Gasteiger partial charge in [-0.25, -0.2) is 4.79 Å². The fourth-order valence-corrected chi connectivity index (χ4v) is 1.97. The Morgan fingerprint density at radius 3 is 2.30 bits per heavy atom. The summed E-state index contributed by atoms with van der Waals surface area (Å²) >= 11 is 0. The molecule has 1 aliphatic heterocycles. The summed E-state index contributed by atoms with van der Waals surface area (Å²) < 4.78 is 5.24. The highest BCUT2D eigenvalue weighted by Gasteiger charge is 2.31. The normalized spacial score (nSPS) is 17.8. The van der Waals surface area contributed by atoms with E-state index in [9.17, 15) is 9.59 Å². The van der Waals surface area contributed by atoms with E-state index in [-0.39, 0.29) is 11.8 Å². The molecule has 0 radical (unpaired) electrons. The molecule has 0 aromatic rings. The maximum atomic E-state index is 12.5. The van der Waals surface area contributed by atoms with Crippen molar-refractivity contribution in [3.63, 3.8) is 0 Å². The quantitative estimate of drug-likeness (QED) is 0.805. The molecule has 2 amide bonds. The lowest BCUT2D eigenvalue weighted by atomic mass is 9.98. The third-order valence-corrected chi connectivity index (χ3v) is 3.28. The molecule has 5 nitrogen and oxygen atoms in total. The van der Waals surface area contributed by atoms with E-state index in [0.29, 0.717) is 13.1 Å². The summed E-state index contributed by atoms with van der Waals surface area (Å²) in [5.74, 6) is 0.0193. The first-order valence-electron chi connectivity index (χ1n) is 7.18. The molecular formula is C15H26N2O3. The van der Waals surface area contributed by atoms with Crippen molar-refractivity contribution in [3.05, 3.63) is 12.2 Å². The highest BCUT2D eigenvalue weighted by Crippen LogP contribution is 2.14. The summed E-state index contributed by atoms with van der Waals surface area (Å²) in [5, 5.41) is 2.72. The third kappa shape index (κ3) is 4.87. The first-order chi connectivity index (χ1) is 9.24. The average Bonchev–Trinajstić information content (AvgIpc) is 2.85. The molecule has 0 aromatic carbocycles. The van der Waals surface area contributed by atoms with Gasteiger partial charge in [0.2, 0.25) is 5.91 Å². The number of carbonyl (C=O) groups is 2. The molecular weight excluding hydrogens is 256 g/mol. The van der Waals surface area contributed by atoms with Gasteiger partial charge in [-0.3, -0.25) is 4.79 Å². The van der Waals surface area contributed by atoms with Gasteiger partial charge in [0.1, 0.15) is 11.6 Å². The van der Waals surface area contributed by atoms with Crippen molar-refractivity contribution in [1.82, 2.24) is 10.2 Å². The topological polar surface area (TPSA) is 58.6 Å². The molecule has 0 unspecified atom stereocenters. The van der Waals surface area contributed by atoms with Crippen LogP contribution in [-0.2, 0) is 9.53 Å². The number of ether oxygens (including phenoxy) is 1. The van der Waals surface area contributed by atoms with Crippen LogP contribution in [0.2, 0.25) is 0 Å². The summed E-state index contributed by atoms with van der Waals surface area (Å²) in [5.41, 5.74) is -0.567. The molecule has 0 aliphatic carbocycles. The van der Waals surface area contributed by atoms with Crippen LogP contribution in [0.1, 0.15) is 41.0 Å². The lowest BCUT2D eigenvalue weighted by Crippen LogP contribution is -2.52. The molecule has 0 fully saturated rings. The highest BCUT2D eigenvalue weighted by atomic mass is 16.6. The molecule has 0 saturated heterocycles. The fraction of sp³-hybridized carbons (Fsp3) is 0.733. The summed E-state index contributed by atoms with van der Waals surface area (Å²) in [6.45, 7) is 10.6. The van der Waals surface area contributed by atoms with Crippen LogP contribution in [0.15, 0.2) is 12.2 Å². The zero-order valence-electron chi connectivity index (χ0n) is 13.1. The van der Waals surface area contributed by atoms with Crippen LogP contribution < -0.4 is 5.32 Å². The first-order valence-corrected chi connectivity index (χ1v) is 7.18. The van der Waals surface area contributed by atoms with Gasteiger partial charge in [-0.15, -0.1) is 0 Å². The zero-order chi connectivity index (χ0) is 15.3. The van der Waals surface area contributed by atoms with Crippen LogP contribution >= 0.6 is 0 Å². The van der Waals surface area contributed by atoms with Gasteiger partial charge in [0.05, 0.1) is 0 Å². The number of hydrogen-bond acceptors (Lipinski definition) is 3. The Hall–Kier alpha value is -1.52. The predicted molar refractivity (Wildman–Crippen MR) is 78.3 cm³/mol. The van der Waals surface area contributed by atoms with Crippen molar-refractivity contribution in [2.24, 2.45) is 5.92 Å². The molecule has 0 saturated carbocycles. The molecule has 0 spiro atoms. The number of nitrogens with zero attached hydrogens (tertiary/aromatic N) is 1. The lowest BCUT2D eigenvalue weighted by Gasteiger charge is -2.29. The maximum Gasteiger partial charge on any atom is 0.408 e. The Morgan fingerprint density at radius 1 is 1.30 bits per heavy atom. The molecule has 0 bridgehead atoms. The van der Waals surface area contributed by atoms with Crippen molar-refractivity contribution in [2.75, 3.05) is 13.1 Å². The van der Waals surface area contributed by atoms with Crippen LogP contribution in [0.5, 0.6) is 0 Å². The van der Waals surface area contributed by atoms with Gasteiger partial charge in [-0.1, -0.05) is 32.4 Å². The van der Waals surface area contributed by atoms with Gasteiger partial charge >= 0.3 is 6.09 Å². The minimum atomic E-state index is -0.567. The van der Waals surface area contributed by atoms with Crippen LogP contribution in [0.25, 0.3) is 0 Å². The highest BCUT2D eigenvalue weighted by molar-refractivity contribution is 5.86. The van der Waals surface area contributed by atoms with Crippen molar-refractivity contribution in [2.45, 2.75) is 52.7 Å². The Kier molecular flexibility index (Phi) is 5.60. The summed E-state index contributed by atoms with van der Waals surface area (Å²) in [6, 6.07) is -0.533. The Labute approximate surface area is 121 Å². The van der Waals surface area contributed by atoms with Gasteiger partial charge in [0.15, 0.2) is 0 Å². The van der Waals surface area contributed by atoms with Gasteiger partial charge in [-0.2, -0.15) is 0 Å². The van der Waals surface area contributed by atoms with Crippen LogP contribution in [0.3, 0.4) is 0 Å². The number of rotatable bonds is 4. The largest absolute Gasteiger partial charge is 0.444 e. The molecule has 1 aliphatic rings. The number of carbonyl (C=O) groups excluding carboxylic acids is 2. The second-order valence-electron chi connectivity index (χ2n) is 6.22. The molecule has 20 heavy (non-hydrogen) atoms. The Bertz CT molecular complexity index is 377. The van der Waals surface area contributed by atoms with E-state index in [0.717, 1.165) is 6.42 Å².